The van der Waals surface area contributed by atoms with Gasteiger partial charge in [0.1, 0.15) is 0 Å². The number of aliphatic carboxylic acids is 3. The van der Waals surface area contributed by atoms with Crippen molar-refractivity contribution >= 4 is 28.0 Å². The van der Waals surface area contributed by atoms with Crippen LogP contribution in [0.1, 0.15) is 42.0 Å². The van der Waals surface area contributed by atoms with Gasteiger partial charge in [0, 0.05) is 6.92 Å². The van der Waals surface area contributed by atoms with E-state index in [-0.39, 0.29) is 22.3 Å². The van der Waals surface area contributed by atoms with E-state index in [1.807, 2.05) is 0 Å². The van der Waals surface area contributed by atoms with Crippen molar-refractivity contribution in [1.29, 1.82) is 0 Å². The number of H-pyrrole nitrogens is 1. The highest BCUT2D eigenvalue weighted by Crippen LogP contribution is 1.91. The molecule has 0 saturated heterocycles. The lowest BCUT2D eigenvalue weighted by atomic mass is 10.2. The van der Waals surface area contributed by atoms with E-state index in [0.717, 1.165) is 13.8 Å². The summed E-state index contributed by atoms with van der Waals surface area (Å²) in [6, 6.07) is 0. The number of aryl methyl sites for hydroxylation is 1. The zero-order chi connectivity index (χ0) is 19.2. The maximum absolute atomic E-state index is 9.76. The molecule has 1 rings (SSSR count). The van der Waals surface area contributed by atoms with Gasteiger partial charge in [-0.3, -0.25) is 18.9 Å². The number of rotatable bonds is 2. The zero-order valence-electron chi connectivity index (χ0n) is 12.7. The van der Waals surface area contributed by atoms with Crippen LogP contribution in [0, 0.1) is 12.8 Å². The summed E-state index contributed by atoms with van der Waals surface area (Å²) in [7, 11) is -3.67. The van der Waals surface area contributed by atoms with E-state index in [9.17, 15) is 18.0 Å². The quantitative estimate of drug-likeness (QED) is 0.340. The minimum absolute atomic E-state index is 0. The van der Waals surface area contributed by atoms with Crippen molar-refractivity contribution in [2.24, 2.45) is 5.92 Å². The Bertz CT molecular complexity index is 548. The smallest absolute Gasteiger partial charge is 0.317 e. The highest BCUT2D eigenvalue weighted by Gasteiger charge is 2.18. The Hall–Kier alpha value is -2.61. The average Bonchev–Trinajstić information content (AvgIpc) is 2.76. The standard InChI is InChI=1S/C4H6O4.C2H4N4.C2H4O2.CH4O3S.3CH4/c1-2(3(5)6)4(7)8;1-2-3-5-6-4-2;1-2(3)4;1-5(2,3)4;;;/h2H,1H3,(H,5,6)(H,7,8);1H3,(H,3,4,5,6);1H3,(H,3,4);1H3,(H,2,3,4);3*1H4. The molecule has 0 unspecified atom stereocenters. The molecule has 0 amide bonds. The van der Waals surface area contributed by atoms with Crippen molar-refractivity contribution in [3.63, 3.8) is 0 Å². The SMILES string of the molecule is C.C.C.CC(=O)O.CC(C(=O)O)C(=O)O.CS(=O)(=O)O.Cc1nn[nH]n1. The molecule has 0 saturated carbocycles. The molecule has 0 spiro atoms. The Morgan fingerprint density at radius 2 is 1.31 bits per heavy atom. The first-order chi connectivity index (χ1) is 10.2. The third-order valence-electron chi connectivity index (χ3n) is 1.19. The van der Waals surface area contributed by atoms with Crippen LogP contribution < -0.4 is 0 Å². The summed E-state index contributed by atoms with van der Waals surface area (Å²) in [6.07, 6.45) is 0.715. The lowest BCUT2D eigenvalue weighted by Gasteiger charge is -1.94. The number of carboxylic acid groups (broad SMARTS) is 3. The van der Waals surface area contributed by atoms with Crippen molar-refractivity contribution in [3.8, 4) is 0 Å². The molecule has 0 aliphatic carbocycles. The van der Waals surface area contributed by atoms with Crippen molar-refractivity contribution in [3.05, 3.63) is 5.82 Å². The van der Waals surface area contributed by atoms with Gasteiger partial charge in [0.2, 0.25) is 0 Å². The summed E-state index contributed by atoms with van der Waals surface area (Å²) in [4.78, 5) is 28.5. The third kappa shape index (κ3) is 57.9. The lowest BCUT2D eigenvalue weighted by molar-refractivity contribution is -0.153. The molecule has 0 atom stereocenters. The molecule has 0 bridgehead atoms. The fourth-order valence-corrected chi connectivity index (χ4v) is 0.317. The summed E-state index contributed by atoms with van der Waals surface area (Å²) in [6.45, 7) is 3.97. The van der Waals surface area contributed by atoms with E-state index in [1.165, 1.54) is 0 Å². The first kappa shape index (κ1) is 38.8. The Labute approximate surface area is 153 Å². The second-order valence-electron chi connectivity index (χ2n) is 3.61. The molecule has 0 radical (unpaired) electrons. The molecule has 0 fully saturated rings. The maximum Gasteiger partial charge on any atom is 0.317 e. The molecule has 0 aromatic carbocycles. The van der Waals surface area contributed by atoms with Crippen molar-refractivity contribution in [2.75, 3.05) is 6.26 Å². The highest BCUT2D eigenvalue weighted by atomic mass is 32.2. The van der Waals surface area contributed by atoms with E-state index in [0.29, 0.717) is 12.1 Å². The minimum Gasteiger partial charge on any atom is -0.481 e. The largest absolute Gasteiger partial charge is 0.481 e. The summed E-state index contributed by atoms with van der Waals surface area (Å²) >= 11 is 0. The number of aromatic amines is 1. The molecular weight excluding hydrogens is 376 g/mol. The Kier molecular flexibility index (Phi) is 30.5. The molecular formula is C12H30N4O9S. The van der Waals surface area contributed by atoms with Crippen LogP contribution in [-0.2, 0) is 24.5 Å². The van der Waals surface area contributed by atoms with Gasteiger partial charge in [-0.05, 0) is 13.8 Å². The number of carbonyl (C=O) groups is 3. The molecule has 158 valence electrons. The van der Waals surface area contributed by atoms with Crippen LogP contribution in [0.3, 0.4) is 0 Å². The lowest BCUT2D eigenvalue weighted by Crippen LogP contribution is -2.19. The molecule has 1 heterocycles. The van der Waals surface area contributed by atoms with Gasteiger partial charge in [0.25, 0.3) is 16.1 Å². The number of tetrazole rings is 1. The van der Waals surface area contributed by atoms with Crippen LogP contribution in [0.5, 0.6) is 0 Å². The number of carboxylic acids is 3. The van der Waals surface area contributed by atoms with Gasteiger partial charge in [0.05, 0.1) is 6.26 Å². The Morgan fingerprint density at radius 3 is 1.35 bits per heavy atom. The number of hydrogen-bond acceptors (Lipinski definition) is 8. The van der Waals surface area contributed by atoms with Crippen LogP contribution in [0.15, 0.2) is 0 Å². The molecule has 0 aliphatic rings. The molecule has 1 aromatic rings. The summed E-state index contributed by atoms with van der Waals surface area (Å²) in [5.74, 6) is -4.07. The van der Waals surface area contributed by atoms with Crippen LogP contribution in [0.25, 0.3) is 0 Å². The van der Waals surface area contributed by atoms with Gasteiger partial charge in [-0.25, -0.2) is 0 Å². The second-order valence-corrected chi connectivity index (χ2v) is 5.08. The van der Waals surface area contributed by atoms with Gasteiger partial charge in [-0.2, -0.15) is 13.6 Å². The molecule has 0 aliphatic heterocycles. The fourth-order valence-electron chi connectivity index (χ4n) is 0.317. The molecule has 13 nitrogen and oxygen atoms in total. The topological polar surface area (TPSA) is 221 Å². The maximum atomic E-state index is 9.76. The van der Waals surface area contributed by atoms with Crippen molar-refractivity contribution in [1.82, 2.24) is 20.6 Å². The summed E-state index contributed by atoms with van der Waals surface area (Å²) in [5.41, 5.74) is 0. The van der Waals surface area contributed by atoms with E-state index < -0.39 is 33.9 Å². The predicted molar refractivity (Wildman–Crippen MR) is 94.3 cm³/mol. The molecule has 26 heavy (non-hydrogen) atoms. The van der Waals surface area contributed by atoms with Crippen LogP contribution in [-0.4, -0.2) is 73.1 Å². The molecule has 5 N–H and O–H groups in total. The van der Waals surface area contributed by atoms with Crippen LogP contribution in [0.4, 0.5) is 0 Å². The van der Waals surface area contributed by atoms with Crippen LogP contribution >= 0.6 is 0 Å². The number of nitrogens with one attached hydrogen (secondary N) is 1. The number of hydrogen-bond donors (Lipinski definition) is 5. The third-order valence-corrected chi connectivity index (χ3v) is 1.19. The predicted octanol–water partition coefficient (Wildman–Crippen LogP) is 0.803. The molecule has 14 heteroatoms. The highest BCUT2D eigenvalue weighted by molar-refractivity contribution is 7.85. The molecule has 1 aromatic heterocycles. The first-order valence-electron chi connectivity index (χ1n) is 5.46. The van der Waals surface area contributed by atoms with Crippen molar-refractivity contribution in [2.45, 2.75) is 43.1 Å². The van der Waals surface area contributed by atoms with Crippen LogP contribution in [0.2, 0.25) is 0 Å². The van der Waals surface area contributed by atoms with E-state index in [2.05, 4.69) is 20.6 Å². The number of nitrogens with zero attached hydrogens (tertiary/aromatic N) is 3. The van der Waals surface area contributed by atoms with E-state index in [1.54, 1.807) is 6.92 Å². The zero-order valence-corrected chi connectivity index (χ0v) is 13.5. The number of aromatic nitrogens is 4. The summed E-state index contributed by atoms with van der Waals surface area (Å²) in [5, 5.41) is 36.1. The average molecular weight is 406 g/mol. The first-order valence-corrected chi connectivity index (χ1v) is 7.30. The van der Waals surface area contributed by atoms with Gasteiger partial charge in [-0.1, -0.05) is 27.5 Å². The van der Waals surface area contributed by atoms with Gasteiger partial charge >= 0.3 is 11.9 Å². The van der Waals surface area contributed by atoms with Gasteiger partial charge < -0.3 is 15.3 Å². The monoisotopic (exact) mass is 406 g/mol. The second kappa shape index (κ2) is 20.4. The van der Waals surface area contributed by atoms with Gasteiger partial charge in [0.15, 0.2) is 11.7 Å². The van der Waals surface area contributed by atoms with Gasteiger partial charge in [-0.15, -0.1) is 10.2 Å². The van der Waals surface area contributed by atoms with E-state index >= 15 is 0 Å². The summed E-state index contributed by atoms with van der Waals surface area (Å²) < 4.78 is 25.9. The Balaban J connectivity index is -0.0000000508. The van der Waals surface area contributed by atoms with Crippen molar-refractivity contribution < 1.29 is 42.7 Å². The van der Waals surface area contributed by atoms with E-state index in [4.69, 9.17) is 24.7 Å². The Morgan fingerprint density at radius 1 is 1.04 bits per heavy atom. The minimum atomic E-state index is -3.67. The fraction of sp³-hybridized carbons (Fsp3) is 0.667. The normalized spacial score (nSPS) is 8.08.